The summed E-state index contributed by atoms with van der Waals surface area (Å²) < 4.78 is 45.0. The van der Waals surface area contributed by atoms with Crippen LogP contribution >= 0.6 is 0 Å². The van der Waals surface area contributed by atoms with E-state index >= 15 is 0 Å². The fourth-order valence-electron chi connectivity index (χ4n) is 2.66. The molecule has 3 aromatic rings. The Morgan fingerprint density at radius 1 is 1.15 bits per heavy atom. The number of rotatable bonds is 8. The summed E-state index contributed by atoms with van der Waals surface area (Å²) in [4.78, 5) is 12.0. The molecule has 0 radical (unpaired) electrons. The molecule has 0 aliphatic rings. The Bertz CT molecular complexity index is 1100. The molecule has 0 fully saturated rings. The van der Waals surface area contributed by atoms with E-state index in [2.05, 4.69) is 25.9 Å². The summed E-state index contributed by atoms with van der Waals surface area (Å²) in [6, 6.07) is 9.53. The summed E-state index contributed by atoms with van der Waals surface area (Å²) >= 11 is 0. The van der Waals surface area contributed by atoms with Gasteiger partial charge in [-0.15, -0.1) is 10.2 Å². The van der Waals surface area contributed by atoms with Crippen LogP contribution in [0.15, 0.2) is 65.0 Å². The Morgan fingerprint density at radius 2 is 1.88 bits per heavy atom. The van der Waals surface area contributed by atoms with Crippen LogP contribution in [-0.2, 0) is 12.8 Å². The molecular formula is C20H21F3N8O2. The van der Waals surface area contributed by atoms with Gasteiger partial charge in [0.1, 0.15) is 18.1 Å². The van der Waals surface area contributed by atoms with Crippen molar-refractivity contribution in [2.75, 3.05) is 18.4 Å². The molecule has 2 aromatic carbocycles. The summed E-state index contributed by atoms with van der Waals surface area (Å²) in [6.07, 6.45) is -2.76. The van der Waals surface area contributed by atoms with Gasteiger partial charge in [0.2, 0.25) is 0 Å². The molecule has 0 spiro atoms. The molecule has 174 valence electrons. The third kappa shape index (κ3) is 6.82. The standard InChI is InChI=1S/C20H21F3N8O2/c21-20(22,23)13-4-6-14(7-5-13)27-29-19(32)26-15-2-1-3-18(8-15)33-12-16-11-31(30-28-16)17(9-24)10-25/h1-8,11,17H,9-10,12,24-25H2,(H,26,32). The molecule has 1 heterocycles. The summed E-state index contributed by atoms with van der Waals surface area (Å²) in [5.74, 6) is 0.455. The maximum atomic E-state index is 12.6. The Hall–Kier alpha value is -3.84. The summed E-state index contributed by atoms with van der Waals surface area (Å²) in [6.45, 7) is 0.795. The normalized spacial score (nSPS) is 11.8. The molecule has 0 saturated carbocycles. The SMILES string of the molecule is NCC(CN)n1cc(COc2cccc(NC(=O)N=Nc3ccc(C(F)(F)F)cc3)c2)nn1. The second-order valence-electron chi connectivity index (χ2n) is 6.81. The molecular weight excluding hydrogens is 441 g/mol. The molecule has 13 heteroatoms. The van der Waals surface area contributed by atoms with Crippen molar-refractivity contribution in [1.29, 1.82) is 0 Å². The van der Waals surface area contributed by atoms with E-state index < -0.39 is 17.8 Å². The molecule has 10 nitrogen and oxygen atoms in total. The number of amides is 2. The number of ether oxygens (including phenoxy) is 1. The lowest BCUT2D eigenvalue weighted by Gasteiger charge is -2.10. The van der Waals surface area contributed by atoms with Gasteiger partial charge in [-0.1, -0.05) is 16.4 Å². The van der Waals surface area contributed by atoms with Crippen molar-refractivity contribution in [3.63, 3.8) is 0 Å². The zero-order chi connectivity index (χ0) is 23.8. The van der Waals surface area contributed by atoms with Gasteiger partial charge in [-0.25, -0.2) is 9.48 Å². The molecule has 0 bridgehead atoms. The van der Waals surface area contributed by atoms with E-state index in [9.17, 15) is 18.0 Å². The first-order chi connectivity index (χ1) is 15.8. The number of benzene rings is 2. The van der Waals surface area contributed by atoms with Crippen LogP contribution in [0.25, 0.3) is 0 Å². The summed E-state index contributed by atoms with van der Waals surface area (Å²) in [5.41, 5.74) is 11.5. The first-order valence-electron chi connectivity index (χ1n) is 9.72. The fraction of sp³-hybridized carbons (Fsp3) is 0.250. The average Bonchev–Trinajstić information content (AvgIpc) is 3.26. The zero-order valence-electron chi connectivity index (χ0n) is 17.2. The van der Waals surface area contributed by atoms with Crippen LogP contribution in [0.4, 0.5) is 29.3 Å². The van der Waals surface area contributed by atoms with Gasteiger partial charge in [-0.05, 0) is 36.4 Å². The number of alkyl halides is 3. The van der Waals surface area contributed by atoms with Gasteiger partial charge in [0.25, 0.3) is 0 Å². The highest BCUT2D eigenvalue weighted by Gasteiger charge is 2.29. The minimum absolute atomic E-state index is 0.106. The van der Waals surface area contributed by atoms with Crippen molar-refractivity contribution in [2.24, 2.45) is 21.7 Å². The van der Waals surface area contributed by atoms with Crippen molar-refractivity contribution < 1.29 is 22.7 Å². The van der Waals surface area contributed by atoms with Gasteiger partial charge < -0.3 is 21.5 Å². The highest BCUT2D eigenvalue weighted by molar-refractivity contribution is 5.89. The predicted molar refractivity (Wildman–Crippen MR) is 113 cm³/mol. The molecule has 0 saturated heterocycles. The number of hydrogen-bond donors (Lipinski definition) is 3. The number of carbonyl (C=O) groups excluding carboxylic acids is 1. The highest BCUT2D eigenvalue weighted by atomic mass is 19.4. The molecule has 0 aliphatic carbocycles. The molecule has 5 N–H and O–H groups in total. The van der Waals surface area contributed by atoms with Crippen LogP contribution in [0.2, 0.25) is 0 Å². The molecule has 0 aliphatic heterocycles. The number of anilines is 1. The second-order valence-corrected chi connectivity index (χ2v) is 6.81. The first kappa shape index (κ1) is 23.8. The van der Waals surface area contributed by atoms with Crippen molar-refractivity contribution in [2.45, 2.75) is 18.8 Å². The van der Waals surface area contributed by atoms with Crippen molar-refractivity contribution in [3.05, 3.63) is 66.0 Å². The second kappa shape index (κ2) is 10.7. The summed E-state index contributed by atoms with van der Waals surface area (Å²) in [7, 11) is 0. The number of aromatic nitrogens is 3. The third-order valence-corrected chi connectivity index (χ3v) is 4.40. The number of nitrogens with two attached hydrogens (primary N) is 2. The van der Waals surface area contributed by atoms with Gasteiger partial charge in [0, 0.05) is 24.8 Å². The Kier molecular flexibility index (Phi) is 7.69. The van der Waals surface area contributed by atoms with Gasteiger partial charge in [0.05, 0.1) is 23.5 Å². The maximum absolute atomic E-state index is 12.6. The average molecular weight is 462 g/mol. The van der Waals surface area contributed by atoms with E-state index in [0.717, 1.165) is 24.3 Å². The topological polar surface area (TPSA) is 146 Å². The monoisotopic (exact) mass is 462 g/mol. The molecule has 0 atom stereocenters. The molecule has 1 aromatic heterocycles. The van der Waals surface area contributed by atoms with Crippen molar-refractivity contribution >= 4 is 17.4 Å². The zero-order valence-corrected chi connectivity index (χ0v) is 17.2. The van der Waals surface area contributed by atoms with E-state index in [4.69, 9.17) is 16.2 Å². The predicted octanol–water partition coefficient (Wildman–Crippen LogP) is 3.65. The van der Waals surface area contributed by atoms with Gasteiger partial charge in [-0.3, -0.25) is 0 Å². The van der Waals surface area contributed by atoms with Crippen LogP contribution in [-0.4, -0.2) is 34.1 Å². The van der Waals surface area contributed by atoms with Crippen LogP contribution < -0.4 is 21.5 Å². The van der Waals surface area contributed by atoms with Gasteiger partial charge >= 0.3 is 12.2 Å². The minimum atomic E-state index is -4.45. The first-order valence-corrected chi connectivity index (χ1v) is 9.72. The lowest BCUT2D eigenvalue weighted by molar-refractivity contribution is -0.137. The van der Waals surface area contributed by atoms with Gasteiger partial charge in [0.15, 0.2) is 0 Å². The minimum Gasteiger partial charge on any atom is -0.487 e. The number of hydrogen-bond acceptors (Lipinski definition) is 7. The molecule has 0 unspecified atom stereocenters. The highest BCUT2D eigenvalue weighted by Crippen LogP contribution is 2.30. The van der Waals surface area contributed by atoms with E-state index in [1.54, 1.807) is 35.1 Å². The number of urea groups is 1. The maximum Gasteiger partial charge on any atom is 0.416 e. The number of nitrogens with zero attached hydrogens (tertiary/aromatic N) is 5. The van der Waals surface area contributed by atoms with Crippen LogP contribution in [0.5, 0.6) is 5.75 Å². The number of azo groups is 1. The molecule has 2 amide bonds. The smallest absolute Gasteiger partial charge is 0.416 e. The van der Waals surface area contributed by atoms with Crippen LogP contribution in [0.3, 0.4) is 0 Å². The van der Waals surface area contributed by atoms with E-state index in [1.165, 1.54) is 0 Å². The van der Waals surface area contributed by atoms with Crippen molar-refractivity contribution in [1.82, 2.24) is 15.0 Å². The van der Waals surface area contributed by atoms with Crippen molar-refractivity contribution in [3.8, 4) is 5.75 Å². The summed E-state index contributed by atoms with van der Waals surface area (Å²) in [5, 5.41) is 17.6. The Balaban J connectivity index is 1.55. The molecule has 3 rings (SSSR count). The lowest BCUT2D eigenvalue weighted by atomic mass is 10.2. The number of halogens is 3. The Labute approximate surface area is 186 Å². The largest absolute Gasteiger partial charge is 0.487 e. The van der Waals surface area contributed by atoms with Crippen LogP contribution in [0, 0.1) is 0 Å². The van der Waals surface area contributed by atoms with Gasteiger partial charge in [-0.2, -0.15) is 13.2 Å². The van der Waals surface area contributed by atoms with E-state index in [0.29, 0.717) is 30.2 Å². The van der Waals surface area contributed by atoms with E-state index in [1.807, 2.05) is 0 Å². The Morgan fingerprint density at radius 3 is 2.55 bits per heavy atom. The quantitative estimate of drug-likeness (QED) is 0.436. The van der Waals surface area contributed by atoms with Crippen LogP contribution in [0.1, 0.15) is 17.3 Å². The van der Waals surface area contributed by atoms with E-state index in [-0.39, 0.29) is 18.3 Å². The molecule has 33 heavy (non-hydrogen) atoms. The fourth-order valence-corrected chi connectivity index (χ4v) is 2.66. The third-order valence-electron chi connectivity index (χ3n) is 4.40. The number of carbonyl (C=O) groups is 1. The lowest BCUT2D eigenvalue weighted by Crippen LogP contribution is -2.27. The number of nitrogens with one attached hydrogen (secondary N) is 1.